The van der Waals surface area contributed by atoms with Crippen molar-refractivity contribution in [1.82, 2.24) is 0 Å². The fourth-order valence-electron chi connectivity index (χ4n) is 2.41. The minimum Gasteiger partial charge on any atom is -0.507 e. The number of aliphatic carboxylic acids is 1. The molecule has 3 N–H and O–H groups in total. The normalized spacial score (nSPS) is 11.9. The van der Waals surface area contributed by atoms with E-state index in [4.69, 9.17) is 14.3 Å². The Morgan fingerprint density at radius 2 is 1.96 bits per heavy atom. The van der Waals surface area contributed by atoms with E-state index >= 15 is 0 Å². The summed E-state index contributed by atoms with van der Waals surface area (Å²) < 4.78 is 9.89. The molecule has 1 aromatic carbocycles. The van der Waals surface area contributed by atoms with Gasteiger partial charge in [-0.05, 0) is 24.6 Å². The summed E-state index contributed by atoms with van der Waals surface area (Å²) >= 11 is 0. The number of aryl methyl sites for hydroxylation is 1. The lowest BCUT2D eigenvalue weighted by molar-refractivity contribution is -0.137. The maximum absolute atomic E-state index is 12.1. The number of carboxylic acid groups (broad SMARTS) is 1. The Kier molecular flexibility index (Phi) is 4.59. The first-order valence-electron chi connectivity index (χ1n) is 6.75. The molecule has 1 unspecified atom stereocenters. The van der Waals surface area contributed by atoms with Crippen molar-refractivity contribution in [3.8, 4) is 17.2 Å². The van der Waals surface area contributed by atoms with E-state index < -0.39 is 23.9 Å². The highest BCUT2D eigenvalue weighted by molar-refractivity contribution is 5.69. The maximum Gasteiger partial charge on any atom is 0.343 e. The van der Waals surface area contributed by atoms with Crippen molar-refractivity contribution in [2.45, 2.75) is 19.3 Å². The first kappa shape index (κ1) is 16.4. The van der Waals surface area contributed by atoms with Crippen LogP contribution in [0.25, 0.3) is 0 Å². The maximum atomic E-state index is 12.1. The van der Waals surface area contributed by atoms with Gasteiger partial charge in [0.1, 0.15) is 11.5 Å². The molecule has 23 heavy (non-hydrogen) atoms. The van der Waals surface area contributed by atoms with Crippen molar-refractivity contribution in [2.75, 3.05) is 7.11 Å². The SMILES string of the molecule is COc1ccc(C(CC(=O)O)c2c(O)cc(C)oc2=O)cc1O. The quantitative estimate of drug-likeness (QED) is 0.771. The number of phenolic OH excluding ortho intramolecular Hbond substituents is 1. The molecule has 7 heteroatoms. The van der Waals surface area contributed by atoms with Crippen molar-refractivity contribution in [3.05, 3.63) is 51.6 Å². The van der Waals surface area contributed by atoms with Crippen molar-refractivity contribution in [2.24, 2.45) is 0 Å². The number of carboxylic acids is 1. The second-order valence-corrected chi connectivity index (χ2v) is 5.03. The molecule has 0 bridgehead atoms. The van der Waals surface area contributed by atoms with Crippen molar-refractivity contribution < 1.29 is 29.3 Å². The van der Waals surface area contributed by atoms with Crippen LogP contribution in [-0.4, -0.2) is 28.4 Å². The predicted molar refractivity (Wildman–Crippen MR) is 80.1 cm³/mol. The van der Waals surface area contributed by atoms with Gasteiger partial charge in [-0.2, -0.15) is 0 Å². The monoisotopic (exact) mass is 320 g/mol. The van der Waals surface area contributed by atoms with E-state index in [9.17, 15) is 19.8 Å². The van der Waals surface area contributed by atoms with Crippen LogP contribution in [0.2, 0.25) is 0 Å². The van der Waals surface area contributed by atoms with Crippen molar-refractivity contribution >= 4 is 5.97 Å². The topological polar surface area (TPSA) is 117 Å². The van der Waals surface area contributed by atoms with E-state index in [1.807, 2.05) is 0 Å². The summed E-state index contributed by atoms with van der Waals surface area (Å²) in [6, 6.07) is 5.51. The molecule has 0 aliphatic carbocycles. The molecule has 0 radical (unpaired) electrons. The van der Waals surface area contributed by atoms with Gasteiger partial charge in [-0.15, -0.1) is 0 Å². The van der Waals surface area contributed by atoms with E-state index in [1.54, 1.807) is 0 Å². The summed E-state index contributed by atoms with van der Waals surface area (Å²) in [7, 11) is 1.38. The Bertz CT molecular complexity index is 792. The van der Waals surface area contributed by atoms with Gasteiger partial charge in [0.15, 0.2) is 11.5 Å². The highest BCUT2D eigenvalue weighted by Gasteiger charge is 2.26. The zero-order valence-corrected chi connectivity index (χ0v) is 12.6. The Hall–Kier alpha value is -2.96. The Balaban J connectivity index is 2.61. The van der Waals surface area contributed by atoms with E-state index in [1.165, 1.54) is 38.3 Å². The molecule has 7 nitrogen and oxygen atoms in total. The second-order valence-electron chi connectivity index (χ2n) is 5.03. The van der Waals surface area contributed by atoms with E-state index in [0.29, 0.717) is 5.56 Å². The van der Waals surface area contributed by atoms with Crippen LogP contribution in [0.1, 0.15) is 29.2 Å². The number of benzene rings is 1. The molecule has 0 amide bonds. The molecule has 1 aromatic heterocycles. The molecule has 0 aliphatic rings. The number of rotatable bonds is 5. The average Bonchev–Trinajstić information content (AvgIpc) is 2.44. The highest BCUT2D eigenvalue weighted by atomic mass is 16.5. The minimum absolute atomic E-state index is 0.164. The van der Waals surface area contributed by atoms with Gasteiger partial charge < -0.3 is 24.5 Å². The zero-order valence-electron chi connectivity index (χ0n) is 12.6. The molecule has 122 valence electrons. The summed E-state index contributed by atoms with van der Waals surface area (Å²) in [5, 5.41) is 29.0. The molecular formula is C16H16O7. The zero-order chi connectivity index (χ0) is 17.1. The van der Waals surface area contributed by atoms with Crippen LogP contribution in [0.3, 0.4) is 0 Å². The van der Waals surface area contributed by atoms with Gasteiger partial charge in [-0.25, -0.2) is 4.79 Å². The first-order chi connectivity index (χ1) is 10.8. The standard InChI is InChI=1S/C16H16O7/c1-8-5-12(18)15(16(21)23-8)10(7-14(19)20)9-3-4-13(22-2)11(17)6-9/h3-6,10,17-18H,7H2,1-2H3,(H,19,20). The van der Waals surface area contributed by atoms with Crippen LogP contribution >= 0.6 is 0 Å². The van der Waals surface area contributed by atoms with Gasteiger partial charge in [0.2, 0.25) is 0 Å². The Morgan fingerprint density at radius 1 is 1.26 bits per heavy atom. The summed E-state index contributed by atoms with van der Waals surface area (Å²) in [5.74, 6) is -2.26. The third-order valence-electron chi connectivity index (χ3n) is 3.42. The molecular weight excluding hydrogens is 304 g/mol. The van der Waals surface area contributed by atoms with Crippen LogP contribution in [0, 0.1) is 6.92 Å². The summed E-state index contributed by atoms with van der Waals surface area (Å²) in [6.45, 7) is 1.50. The van der Waals surface area contributed by atoms with Crippen LogP contribution in [0.15, 0.2) is 33.5 Å². The largest absolute Gasteiger partial charge is 0.507 e. The molecule has 1 heterocycles. The second kappa shape index (κ2) is 6.43. The lowest BCUT2D eigenvalue weighted by Gasteiger charge is -2.17. The van der Waals surface area contributed by atoms with Crippen LogP contribution in [0.5, 0.6) is 17.2 Å². The predicted octanol–water partition coefficient (Wildman–Crippen LogP) is 1.97. The van der Waals surface area contributed by atoms with E-state index in [2.05, 4.69) is 0 Å². The molecule has 0 saturated carbocycles. The van der Waals surface area contributed by atoms with Gasteiger partial charge in [0, 0.05) is 12.0 Å². The van der Waals surface area contributed by atoms with Gasteiger partial charge >= 0.3 is 11.6 Å². The fourth-order valence-corrected chi connectivity index (χ4v) is 2.41. The third kappa shape index (κ3) is 3.45. The van der Waals surface area contributed by atoms with Gasteiger partial charge in [0.05, 0.1) is 19.1 Å². The average molecular weight is 320 g/mol. The first-order valence-corrected chi connectivity index (χ1v) is 6.75. The Labute approximate surface area is 131 Å². The summed E-state index contributed by atoms with van der Waals surface area (Å²) in [4.78, 5) is 23.2. The summed E-state index contributed by atoms with van der Waals surface area (Å²) in [5.41, 5.74) is -0.635. The summed E-state index contributed by atoms with van der Waals surface area (Å²) in [6.07, 6.45) is -0.451. The highest BCUT2D eigenvalue weighted by Crippen LogP contribution is 2.36. The van der Waals surface area contributed by atoms with Crippen molar-refractivity contribution in [1.29, 1.82) is 0 Å². The fraction of sp³-hybridized carbons (Fsp3) is 0.250. The van der Waals surface area contributed by atoms with Gasteiger partial charge in [-0.3, -0.25) is 4.79 Å². The molecule has 0 aliphatic heterocycles. The Morgan fingerprint density at radius 3 is 2.48 bits per heavy atom. The van der Waals surface area contributed by atoms with Crippen LogP contribution in [0.4, 0.5) is 0 Å². The number of ether oxygens (including phenoxy) is 1. The molecule has 2 rings (SSSR count). The molecule has 0 fully saturated rings. The molecule has 0 saturated heterocycles. The van der Waals surface area contributed by atoms with Gasteiger partial charge in [0.25, 0.3) is 0 Å². The van der Waals surface area contributed by atoms with E-state index in [0.717, 1.165) is 0 Å². The van der Waals surface area contributed by atoms with Crippen LogP contribution < -0.4 is 10.4 Å². The molecule has 2 aromatic rings. The lowest BCUT2D eigenvalue weighted by atomic mass is 9.88. The number of methoxy groups -OCH3 is 1. The minimum atomic E-state index is -1.16. The number of aromatic hydroxyl groups is 2. The molecule has 0 spiro atoms. The van der Waals surface area contributed by atoms with Crippen LogP contribution in [-0.2, 0) is 4.79 Å². The smallest absolute Gasteiger partial charge is 0.343 e. The number of carbonyl (C=O) groups is 1. The lowest BCUT2D eigenvalue weighted by Crippen LogP contribution is -2.17. The third-order valence-corrected chi connectivity index (χ3v) is 3.42. The number of phenols is 1. The number of hydrogen-bond donors (Lipinski definition) is 3. The van der Waals surface area contributed by atoms with Gasteiger partial charge in [-0.1, -0.05) is 6.07 Å². The number of hydrogen-bond acceptors (Lipinski definition) is 6. The van der Waals surface area contributed by atoms with E-state index in [-0.39, 0.29) is 28.6 Å². The van der Waals surface area contributed by atoms with Crippen molar-refractivity contribution in [3.63, 3.8) is 0 Å². The molecule has 1 atom stereocenters.